The van der Waals surface area contributed by atoms with Gasteiger partial charge in [-0.25, -0.2) is 0 Å². The van der Waals surface area contributed by atoms with E-state index >= 15 is 0 Å². The first-order chi connectivity index (χ1) is 7.33. The van der Waals surface area contributed by atoms with E-state index in [0.717, 1.165) is 31.7 Å². The number of benzene rings is 1. The van der Waals surface area contributed by atoms with E-state index in [2.05, 4.69) is 41.4 Å². The fraction of sp³-hybridized carbons (Fsp3) is 0.538. The number of rotatable bonds is 2. The molecule has 2 saturated heterocycles. The molecule has 2 aliphatic heterocycles. The molecule has 0 radical (unpaired) electrons. The summed E-state index contributed by atoms with van der Waals surface area (Å²) in [6.45, 7) is 5.40. The van der Waals surface area contributed by atoms with Gasteiger partial charge in [0.15, 0.2) is 0 Å². The molecular weight excluding hydrogens is 223 g/mol. The molecule has 0 spiro atoms. The fourth-order valence-corrected chi connectivity index (χ4v) is 2.76. The number of fused-ring (bicyclic) bond motifs is 2. The van der Waals surface area contributed by atoms with Gasteiger partial charge in [-0.15, -0.1) is 13.1 Å². The van der Waals surface area contributed by atoms with Gasteiger partial charge < -0.3 is 5.32 Å². The van der Waals surface area contributed by atoms with Gasteiger partial charge in [0.1, 0.15) is 0 Å². The van der Waals surface area contributed by atoms with Gasteiger partial charge in [-0.2, -0.15) is 0 Å². The molecule has 2 aliphatic rings. The third-order valence-electron chi connectivity index (χ3n) is 3.61. The first-order valence-electron chi connectivity index (χ1n) is 5.77. The van der Waals surface area contributed by atoms with E-state index in [9.17, 15) is 0 Å². The quantitative estimate of drug-likeness (QED) is 0.627. The van der Waals surface area contributed by atoms with Crippen LogP contribution in [0.15, 0.2) is 24.3 Å². The van der Waals surface area contributed by atoms with Crippen LogP contribution in [0.2, 0.25) is 0 Å². The number of hydrogen-bond donors (Lipinski definition) is 0. The summed E-state index contributed by atoms with van der Waals surface area (Å²) >= 11 is 0. The van der Waals surface area contributed by atoms with Gasteiger partial charge in [0.2, 0.25) is 0 Å². The van der Waals surface area contributed by atoms with Crippen molar-refractivity contribution in [2.75, 3.05) is 13.1 Å². The van der Waals surface area contributed by atoms with E-state index in [-0.39, 0.29) is 51.4 Å². The minimum absolute atomic E-state index is 0. The molecule has 0 saturated carbocycles. The molecule has 1 aromatic carbocycles. The second-order valence-corrected chi connectivity index (χ2v) is 4.79. The maximum absolute atomic E-state index is 4.48. The minimum atomic E-state index is 0. The van der Waals surface area contributed by atoms with E-state index in [1.807, 2.05) is 0 Å². The summed E-state index contributed by atoms with van der Waals surface area (Å²) in [5.74, 6) is 0. The first kappa shape index (κ1) is 13.2. The Morgan fingerprint density at radius 3 is 2.69 bits per heavy atom. The molecule has 2 fully saturated rings. The summed E-state index contributed by atoms with van der Waals surface area (Å²) in [5, 5.41) is 4.48. The zero-order valence-corrected chi connectivity index (χ0v) is 13.3. The van der Waals surface area contributed by atoms with Gasteiger partial charge in [0, 0.05) is 6.54 Å². The van der Waals surface area contributed by atoms with Crippen LogP contribution < -0.4 is 51.4 Å². The predicted octanol–water partition coefficient (Wildman–Crippen LogP) is -0.671. The van der Waals surface area contributed by atoms with Gasteiger partial charge in [-0.1, -0.05) is 29.8 Å². The van der Waals surface area contributed by atoms with Crippen molar-refractivity contribution in [1.82, 2.24) is 4.90 Å². The van der Waals surface area contributed by atoms with E-state index < -0.39 is 0 Å². The Hall–Kier alpha value is 0.776. The molecule has 3 heteroatoms. The van der Waals surface area contributed by atoms with Crippen LogP contribution in [0.5, 0.6) is 0 Å². The Labute approximate surface area is 140 Å². The largest absolute Gasteiger partial charge is 1.00 e. The van der Waals surface area contributed by atoms with Crippen molar-refractivity contribution in [2.24, 2.45) is 0 Å². The maximum atomic E-state index is 4.48. The third-order valence-corrected chi connectivity index (χ3v) is 3.61. The minimum Gasteiger partial charge on any atom is -0.660 e. The van der Waals surface area contributed by atoms with Crippen molar-refractivity contribution in [2.45, 2.75) is 32.0 Å². The number of nitrogens with zero attached hydrogens (tertiary/aromatic N) is 2. The molecule has 2 heterocycles. The van der Waals surface area contributed by atoms with Crippen LogP contribution in [0.1, 0.15) is 17.5 Å². The van der Waals surface area contributed by atoms with Crippen molar-refractivity contribution < 1.29 is 51.4 Å². The van der Waals surface area contributed by atoms with Gasteiger partial charge in [0.05, 0.1) is 0 Å². The van der Waals surface area contributed by atoms with Crippen LogP contribution in [0, 0.1) is 6.92 Å². The Bertz CT molecular complexity index is 353. The number of piperidine rings is 1. The van der Waals surface area contributed by atoms with Crippen molar-refractivity contribution >= 4 is 0 Å². The zero-order chi connectivity index (χ0) is 10.3. The summed E-state index contributed by atoms with van der Waals surface area (Å²) in [6.07, 6.45) is 1.37. The number of aryl methyl sites for hydroxylation is 1. The van der Waals surface area contributed by atoms with Crippen molar-refractivity contribution in [3.63, 3.8) is 0 Å². The van der Waals surface area contributed by atoms with E-state index in [1.54, 1.807) is 0 Å². The molecule has 3 rings (SSSR count). The first-order valence-corrected chi connectivity index (χ1v) is 5.77. The van der Waals surface area contributed by atoms with Crippen molar-refractivity contribution in [3.05, 3.63) is 40.7 Å². The SMILES string of the molecule is Cc1cccc(CN2C3C[N-]CC2C3)c1.[K+]. The molecule has 2 unspecified atom stereocenters. The monoisotopic (exact) mass is 240 g/mol. The average Bonchev–Trinajstić information content (AvgIpc) is 2.27. The van der Waals surface area contributed by atoms with Gasteiger partial charge in [-0.05, 0) is 31.0 Å². The Kier molecular flexibility index (Phi) is 4.63. The zero-order valence-electron chi connectivity index (χ0n) is 10.2. The van der Waals surface area contributed by atoms with Gasteiger partial charge in [0.25, 0.3) is 0 Å². The third kappa shape index (κ3) is 2.61. The standard InChI is InChI=1S/C13H17N2.K/c1-10-3-2-4-11(5-10)9-15-12-6-13(15)8-14-7-12;/h2-5,12-13H,6-9H2,1H3;/q-1;+1. The Morgan fingerprint density at radius 1 is 1.31 bits per heavy atom. The van der Waals surface area contributed by atoms with Crippen LogP contribution in [-0.4, -0.2) is 30.1 Å². The van der Waals surface area contributed by atoms with Crippen LogP contribution in [0.3, 0.4) is 0 Å². The molecule has 0 amide bonds. The molecule has 2 nitrogen and oxygen atoms in total. The van der Waals surface area contributed by atoms with Crippen molar-refractivity contribution in [3.8, 4) is 0 Å². The summed E-state index contributed by atoms with van der Waals surface area (Å²) in [5.41, 5.74) is 2.81. The normalized spacial score (nSPS) is 28.1. The smallest absolute Gasteiger partial charge is 0.660 e. The van der Waals surface area contributed by atoms with Crippen LogP contribution >= 0.6 is 0 Å². The summed E-state index contributed by atoms with van der Waals surface area (Å²) < 4.78 is 0. The molecule has 2 bridgehead atoms. The number of hydrogen-bond acceptors (Lipinski definition) is 1. The molecule has 80 valence electrons. The molecule has 2 atom stereocenters. The second-order valence-electron chi connectivity index (χ2n) is 4.79. The van der Waals surface area contributed by atoms with Crippen LogP contribution in [0.25, 0.3) is 5.32 Å². The fourth-order valence-electron chi connectivity index (χ4n) is 2.76. The van der Waals surface area contributed by atoms with E-state index in [1.165, 1.54) is 17.5 Å². The van der Waals surface area contributed by atoms with Crippen LogP contribution in [-0.2, 0) is 6.54 Å². The molecule has 0 aliphatic carbocycles. The summed E-state index contributed by atoms with van der Waals surface area (Å²) in [7, 11) is 0. The number of piperazine rings is 1. The average molecular weight is 240 g/mol. The predicted molar refractivity (Wildman–Crippen MR) is 62.0 cm³/mol. The summed E-state index contributed by atoms with van der Waals surface area (Å²) in [6, 6.07) is 10.3. The molecule has 1 aromatic rings. The van der Waals surface area contributed by atoms with Gasteiger partial charge >= 0.3 is 51.4 Å². The van der Waals surface area contributed by atoms with Crippen LogP contribution in [0.4, 0.5) is 0 Å². The molecule has 16 heavy (non-hydrogen) atoms. The second kappa shape index (κ2) is 5.61. The van der Waals surface area contributed by atoms with E-state index in [4.69, 9.17) is 0 Å². The molecular formula is C13H17KN2. The topological polar surface area (TPSA) is 17.3 Å². The Balaban J connectivity index is 0.000000963. The molecule has 0 aromatic heterocycles. The molecule has 0 N–H and O–H groups in total. The Morgan fingerprint density at radius 2 is 2.06 bits per heavy atom. The van der Waals surface area contributed by atoms with Crippen molar-refractivity contribution in [1.29, 1.82) is 0 Å². The van der Waals surface area contributed by atoms with Gasteiger partial charge in [-0.3, -0.25) is 4.90 Å². The maximum Gasteiger partial charge on any atom is 1.00 e. The van der Waals surface area contributed by atoms with E-state index in [0.29, 0.717) is 0 Å². The summed E-state index contributed by atoms with van der Waals surface area (Å²) in [4.78, 5) is 2.61.